The molecule has 1 aromatic carbocycles. The Hall–Kier alpha value is -1.40. The minimum atomic E-state index is -1.09. The molecule has 0 radical (unpaired) electrons. The van der Waals surface area contributed by atoms with Crippen LogP contribution in [0.1, 0.15) is 57.4 Å². The third-order valence-corrected chi connectivity index (χ3v) is 4.91. The summed E-state index contributed by atoms with van der Waals surface area (Å²) < 4.78 is 13.0. The Balaban J connectivity index is 2.21. The van der Waals surface area contributed by atoms with Gasteiger partial charge >= 0.3 is 0 Å². The smallest absolute Gasteiger partial charge is 0.123 e. The van der Waals surface area contributed by atoms with Crippen molar-refractivity contribution in [3.05, 3.63) is 35.6 Å². The zero-order valence-corrected chi connectivity index (χ0v) is 12.7. The molecule has 1 unspecified atom stereocenters. The summed E-state index contributed by atoms with van der Waals surface area (Å²) in [5.74, 6) is -0.278. The van der Waals surface area contributed by atoms with Crippen LogP contribution in [0.25, 0.3) is 0 Å². The van der Waals surface area contributed by atoms with Crippen molar-refractivity contribution < 1.29 is 9.50 Å². The lowest BCUT2D eigenvalue weighted by Gasteiger charge is -2.41. The fourth-order valence-electron chi connectivity index (χ4n) is 3.45. The molecule has 1 atom stereocenters. The van der Waals surface area contributed by atoms with Crippen LogP contribution in [0.2, 0.25) is 0 Å². The fourth-order valence-corrected chi connectivity index (χ4v) is 3.45. The Morgan fingerprint density at radius 2 is 1.67 bits per heavy atom. The number of nitriles is 1. The van der Waals surface area contributed by atoms with E-state index in [0.29, 0.717) is 6.42 Å². The summed E-state index contributed by atoms with van der Waals surface area (Å²) in [4.78, 5) is 0. The molecule has 2 nitrogen and oxygen atoms in total. The van der Waals surface area contributed by atoms with Gasteiger partial charge in [0, 0.05) is 6.42 Å². The molecular weight excluding hydrogens is 265 g/mol. The highest BCUT2D eigenvalue weighted by molar-refractivity contribution is 5.21. The molecule has 3 heteroatoms. The minimum Gasteiger partial charge on any atom is -0.388 e. The number of halogens is 1. The van der Waals surface area contributed by atoms with Gasteiger partial charge in [0.1, 0.15) is 5.82 Å². The van der Waals surface area contributed by atoms with Crippen LogP contribution in [0.15, 0.2) is 24.3 Å². The van der Waals surface area contributed by atoms with E-state index >= 15 is 0 Å². The van der Waals surface area contributed by atoms with Crippen LogP contribution in [0, 0.1) is 22.6 Å². The first kappa shape index (κ1) is 16.0. The minimum absolute atomic E-state index is 0.278. The summed E-state index contributed by atoms with van der Waals surface area (Å²) in [5.41, 5.74) is -0.906. The van der Waals surface area contributed by atoms with Crippen LogP contribution >= 0.6 is 0 Å². The first-order valence-electron chi connectivity index (χ1n) is 7.87. The molecule has 0 saturated heterocycles. The van der Waals surface area contributed by atoms with Crippen molar-refractivity contribution in [2.24, 2.45) is 5.41 Å². The lowest BCUT2D eigenvalue weighted by atomic mass is 9.64. The van der Waals surface area contributed by atoms with Crippen LogP contribution < -0.4 is 0 Å². The maximum Gasteiger partial charge on any atom is 0.123 e. The molecule has 1 aliphatic carbocycles. The van der Waals surface area contributed by atoms with E-state index in [2.05, 4.69) is 6.07 Å². The number of hydrogen-bond donors (Lipinski definition) is 1. The van der Waals surface area contributed by atoms with Gasteiger partial charge in [-0.05, 0) is 37.5 Å². The maximum atomic E-state index is 13.0. The van der Waals surface area contributed by atoms with Crippen molar-refractivity contribution in [3.63, 3.8) is 0 Å². The second kappa shape index (κ2) is 6.58. The SMILES string of the molecule is CC(O)(Cc1ccc(F)cc1)C1(C#N)CCCCCCC1. The predicted molar refractivity (Wildman–Crippen MR) is 81.1 cm³/mol. The number of nitrogens with zero attached hydrogens (tertiary/aromatic N) is 1. The maximum absolute atomic E-state index is 13.0. The zero-order chi connectivity index (χ0) is 15.3. The van der Waals surface area contributed by atoms with Crippen molar-refractivity contribution in [1.29, 1.82) is 5.26 Å². The molecule has 2 rings (SSSR count). The van der Waals surface area contributed by atoms with Crippen molar-refractivity contribution in [2.75, 3.05) is 0 Å². The Labute approximate surface area is 126 Å². The Bertz CT molecular complexity index is 493. The fraction of sp³-hybridized carbons (Fsp3) is 0.611. The summed E-state index contributed by atoms with van der Waals surface area (Å²) in [6.07, 6.45) is 7.37. The molecule has 0 heterocycles. The Kier molecular flexibility index (Phi) is 5.00. The van der Waals surface area contributed by atoms with Gasteiger partial charge in [-0.1, -0.05) is 44.2 Å². The second-order valence-electron chi connectivity index (χ2n) is 6.54. The van der Waals surface area contributed by atoms with Gasteiger partial charge in [-0.2, -0.15) is 5.26 Å². The lowest BCUT2D eigenvalue weighted by molar-refractivity contribution is -0.0517. The first-order chi connectivity index (χ1) is 9.99. The van der Waals surface area contributed by atoms with Crippen molar-refractivity contribution >= 4 is 0 Å². The standard InChI is InChI=1S/C18H24FNO/c1-17(21,13-15-7-9-16(19)10-8-15)18(14-20)11-5-3-2-4-6-12-18/h7-10,21H,2-6,11-13H2,1H3. The molecule has 0 amide bonds. The lowest BCUT2D eigenvalue weighted by Crippen LogP contribution is -2.47. The number of hydrogen-bond acceptors (Lipinski definition) is 2. The molecule has 0 aromatic heterocycles. The van der Waals surface area contributed by atoms with Gasteiger partial charge in [0.2, 0.25) is 0 Å². The van der Waals surface area contributed by atoms with Gasteiger partial charge in [0.25, 0.3) is 0 Å². The van der Waals surface area contributed by atoms with E-state index in [4.69, 9.17) is 0 Å². The van der Waals surface area contributed by atoms with Gasteiger partial charge in [0.05, 0.1) is 17.1 Å². The summed E-state index contributed by atoms with van der Waals surface area (Å²) in [6, 6.07) is 8.63. The van der Waals surface area contributed by atoms with Gasteiger partial charge in [-0.25, -0.2) is 4.39 Å². The molecule has 114 valence electrons. The first-order valence-corrected chi connectivity index (χ1v) is 7.87. The number of benzene rings is 1. The van der Waals surface area contributed by atoms with E-state index in [-0.39, 0.29) is 5.82 Å². The molecule has 0 bridgehead atoms. The monoisotopic (exact) mass is 289 g/mol. The van der Waals surface area contributed by atoms with E-state index in [9.17, 15) is 14.8 Å². The van der Waals surface area contributed by atoms with Gasteiger partial charge < -0.3 is 5.11 Å². The van der Waals surface area contributed by atoms with Crippen molar-refractivity contribution in [2.45, 2.75) is 63.9 Å². The topological polar surface area (TPSA) is 44.0 Å². The summed E-state index contributed by atoms with van der Waals surface area (Å²) in [5, 5.41) is 20.8. The highest BCUT2D eigenvalue weighted by Crippen LogP contribution is 2.44. The van der Waals surface area contributed by atoms with Gasteiger partial charge in [-0.3, -0.25) is 0 Å². The molecule has 1 aromatic rings. The van der Waals surface area contributed by atoms with Crippen LogP contribution in [0.4, 0.5) is 4.39 Å². The highest BCUT2D eigenvalue weighted by atomic mass is 19.1. The van der Waals surface area contributed by atoms with E-state index in [0.717, 1.165) is 44.1 Å². The molecule has 1 fully saturated rings. The van der Waals surface area contributed by atoms with E-state index in [1.165, 1.54) is 18.6 Å². The second-order valence-corrected chi connectivity index (χ2v) is 6.54. The number of rotatable bonds is 3. The van der Waals surface area contributed by atoms with Crippen LogP contribution in [-0.2, 0) is 6.42 Å². The predicted octanol–water partition coefficient (Wildman–Crippen LogP) is 4.37. The van der Waals surface area contributed by atoms with E-state index in [1.54, 1.807) is 19.1 Å². The third-order valence-electron chi connectivity index (χ3n) is 4.91. The summed E-state index contributed by atoms with van der Waals surface area (Å²) in [6.45, 7) is 1.77. The summed E-state index contributed by atoms with van der Waals surface area (Å²) >= 11 is 0. The Morgan fingerprint density at radius 3 is 2.19 bits per heavy atom. The average Bonchev–Trinajstić information content (AvgIpc) is 2.41. The Morgan fingerprint density at radius 1 is 1.14 bits per heavy atom. The average molecular weight is 289 g/mol. The van der Waals surface area contributed by atoms with E-state index in [1.807, 2.05) is 0 Å². The van der Waals surface area contributed by atoms with Crippen LogP contribution in [0.5, 0.6) is 0 Å². The van der Waals surface area contributed by atoms with E-state index < -0.39 is 11.0 Å². The molecular formula is C18H24FNO. The third kappa shape index (κ3) is 3.63. The van der Waals surface area contributed by atoms with Gasteiger partial charge in [0.15, 0.2) is 0 Å². The van der Waals surface area contributed by atoms with Crippen LogP contribution in [-0.4, -0.2) is 10.7 Å². The van der Waals surface area contributed by atoms with Crippen molar-refractivity contribution in [1.82, 2.24) is 0 Å². The zero-order valence-electron chi connectivity index (χ0n) is 12.7. The molecule has 0 spiro atoms. The molecule has 0 aliphatic heterocycles. The normalized spacial score (nSPS) is 21.6. The molecule has 1 aliphatic rings. The summed E-state index contributed by atoms with van der Waals surface area (Å²) in [7, 11) is 0. The molecule has 21 heavy (non-hydrogen) atoms. The quantitative estimate of drug-likeness (QED) is 0.897. The largest absolute Gasteiger partial charge is 0.388 e. The number of aliphatic hydroxyl groups is 1. The molecule has 1 saturated carbocycles. The van der Waals surface area contributed by atoms with Crippen molar-refractivity contribution in [3.8, 4) is 6.07 Å². The molecule has 1 N–H and O–H groups in total. The highest BCUT2D eigenvalue weighted by Gasteiger charge is 2.46. The van der Waals surface area contributed by atoms with Crippen LogP contribution in [0.3, 0.4) is 0 Å². The van der Waals surface area contributed by atoms with Gasteiger partial charge in [-0.15, -0.1) is 0 Å².